The summed E-state index contributed by atoms with van der Waals surface area (Å²) in [6.07, 6.45) is 5.88. The van der Waals surface area contributed by atoms with Gasteiger partial charge in [0.15, 0.2) is 0 Å². The number of rotatable bonds is 2. The quantitative estimate of drug-likeness (QED) is 0.693. The van der Waals surface area contributed by atoms with Gasteiger partial charge in [0.25, 0.3) is 0 Å². The number of carbonyl (C=O) groups excluding carboxylic acids is 1. The molecule has 1 saturated heterocycles. The van der Waals surface area contributed by atoms with Gasteiger partial charge in [0.2, 0.25) is 5.91 Å². The Hall–Kier alpha value is -0.570. The zero-order valence-corrected chi connectivity index (χ0v) is 8.94. The summed E-state index contributed by atoms with van der Waals surface area (Å²) in [4.78, 5) is 12.0. The van der Waals surface area contributed by atoms with Crippen molar-refractivity contribution >= 4 is 5.91 Å². The van der Waals surface area contributed by atoms with Gasteiger partial charge < -0.3 is 10.6 Å². The van der Waals surface area contributed by atoms with Crippen LogP contribution in [0.2, 0.25) is 0 Å². The van der Waals surface area contributed by atoms with Gasteiger partial charge in [-0.1, -0.05) is 12.8 Å². The predicted octanol–water partition coefficient (Wildman–Crippen LogP) is 1.04. The van der Waals surface area contributed by atoms with Gasteiger partial charge in [0, 0.05) is 12.6 Å². The molecule has 0 radical (unpaired) electrons. The van der Waals surface area contributed by atoms with Crippen LogP contribution in [0, 0.1) is 5.41 Å². The van der Waals surface area contributed by atoms with E-state index in [2.05, 4.69) is 17.6 Å². The largest absolute Gasteiger partial charge is 0.353 e. The summed E-state index contributed by atoms with van der Waals surface area (Å²) in [6.45, 7) is 3.89. The maximum Gasteiger partial charge on any atom is 0.227 e. The Morgan fingerprint density at radius 3 is 2.71 bits per heavy atom. The van der Waals surface area contributed by atoms with Gasteiger partial charge >= 0.3 is 0 Å². The van der Waals surface area contributed by atoms with Gasteiger partial charge in [0.1, 0.15) is 0 Å². The standard InChI is InChI=1S/C11H20N2O/c1-11(6-7-12-8-11)10(14)13-9-4-2-3-5-9/h9,12H,2-8H2,1H3,(H,13,14). The number of nitrogens with one attached hydrogen (secondary N) is 2. The van der Waals surface area contributed by atoms with Crippen molar-refractivity contribution in [3.8, 4) is 0 Å². The molecule has 2 aliphatic rings. The third-order valence-electron chi connectivity index (χ3n) is 3.61. The summed E-state index contributed by atoms with van der Waals surface area (Å²) in [5.74, 6) is 0.259. The van der Waals surface area contributed by atoms with Crippen molar-refractivity contribution < 1.29 is 4.79 Å². The van der Waals surface area contributed by atoms with E-state index >= 15 is 0 Å². The highest BCUT2D eigenvalue weighted by molar-refractivity contribution is 5.83. The lowest BCUT2D eigenvalue weighted by molar-refractivity contribution is -0.129. The van der Waals surface area contributed by atoms with Crippen LogP contribution in [0.4, 0.5) is 0 Å². The number of carbonyl (C=O) groups is 1. The molecule has 0 aromatic heterocycles. The Bertz CT molecular complexity index is 215. The van der Waals surface area contributed by atoms with Crippen molar-refractivity contribution in [1.82, 2.24) is 10.6 Å². The minimum Gasteiger partial charge on any atom is -0.353 e. The molecular weight excluding hydrogens is 176 g/mol. The molecule has 1 aliphatic heterocycles. The summed E-state index contributed by atoms with van der Waals surface area (Å²) in [5.41, 5.74) is -0.150. The van der Waals surface area contributed by atoms with Crippen molar-refractivity contribution in [3.05, 3.63) is 0 Å². The van der Waals surface area contributed by atoms with Gasteiger partial charge in [-0.15, -0.1) is 0 Å². The van der Waals surface area contributed by atoms with E-state index in [1.807, 2.05) is 0 Å². The number of hydrogen-bond donors (Lipinski definition) is 2. The van der Waals surface area contributed by atoms with Gasteiger partial charge in [0.05, 0.1) is 5.41 Å². The molecule has 2 N–H and O–H groups in total. The highest BCUT2D eigenvalue weighted by Gasteiger charge is 2.37. The van der Waals surface area contributed by atoms with Crippen LogP contribution in [0.25, 0.3) is 0 Å². The van der Waals surface area contributed by atoms with Crippen LogP contribution in [0.5, 0.6) is 0 Å². The van der Waals surface area contributed by atoms with E-state index in [0.717, 1.165) is 19.5 Å². The maximum atomic E-state index is 12.0. The first kappa shape index (κ1) is 9.97. The fraction of sp³-hybridized carbons (Fsp3) is 0.909. The molecule has 1 unspecified atom stereocenters. The predicted molar refractivity (Wildman–Crippen MR) is 56.0 cm³/mol. The first-order valence-electron chi connectivity index (χ1n) is 5.72. The van der Waals surface area contributed by atoms with Crippen LogP contribution in [0.1, 0.15) is 39.0 Å². The Kier molecular flexibility index (Phi) is 2.77. The summed E-state index contributed by atoms with van der Waals surface area (Å²) in [7, 11) is 0. The van der Waals surface area contributed by atoms with Gasteiger partial charge in [-0.05, 0) is 32.7 Å². The van der Waals surface area contributed by atoms with Crippen LogP contribution < -0.4 is 10.6 Å². The molecule has 1 amide bonds. The maximum absolute atomic E-state index is 12.0. The number of amides is 1. The Morgan fingerprint density at radius 2 is 2.14 bits per heavy atom. The molecule has 0 spiro atoms. The van der Waals surface area contributed by atoms with E-state index in [0.29, 0.717) is 6.04 Å². The molecular formula is C11H20N2O. The topological polar surface area (TPSA) is 41.1 Å². The first-order chi connectivity index (χ1) is 6.71. The van der Waals surface area contributed by atoms with Crippen LogP contribution in [-0.4, -0.2) is 25.0 Å². The first-order valence-corrected chi connectivity index (χ1v) is 5.72. The molecule has 1 heterocycles. The highest BCUT2D eigenvalue weighted by Crippen LogP contribution is 2.26. The molecule has 1 atom stereocenters. The fourth-order valence-electron chi connectivity index (χ4n) is 2.44. The van der Waals surface area contributed by atoms with Crippen LogP contribution in [0.15, 0.2) is 0 Å². The third kappa shape index (κ3) is 1.92. The second kappa shape index (κ2) is 3.89. The molecule has 2 fully saturated rings. The molecule has 14 heavy (non-hydrogen) atoms. The average molecular weight is 196 g/mol. The Balaban J connectivity index is 1.87. The summed E-state index contributed by atoms with van der Waals surface area (Å²) < 4.78 is 0. The zero-order chi connectivity index (χ0) is 10.0. The highest BCUT2D eigenvalue weighted by atomic mass is 16.2. The smallest absolute Gasteiger partial charge is 0.227 e. The second-order valence-electron chi connectivity index (χ2n) is 4.94. The van der Waals surface area contributed by atoms with Crippen molar-refractivity contribution in [1.29, 1.82) is 0 Å². The summed E-state index contributed by atoms with van der Waals surface area (Å²) in [5, 5.41) is 6.44. The van der Waals surface area contributed by atoms with E-state index in [-0.39, 0.29) is 11.3 Å². The minimum absolute atomic E-state index is 0.150. The zero-order valence-electron chi connectivity index (χ0n) is 8.94. The van der Waals surface area contributed by atoms with Crippen molar-refractivity contribution in [2.24, 2.45) is 5.41 Å². The number of hydrogen-bond acceptors (Lipinski definition) is 2. The summed E-state index contributed by atoms with van der Waals surface area (Å²) in [6, 6.07) is 0.458. The molecule has 1 saturated carbocycles. The van der Waals surface area contributed by atoms with Crippen LogP contribution in [-0.2, 0) is 4.79 Å². The van der Waals surface area contributed by atoms with E-state index in [4.69, 9.17) is 0 Å². The van der Waals surface area contributed by atoms with E-state index in [9.17, 15) is 4.79 Å². The molecule has 0 aromatic rings. The fourth-order valence-corrected chi connectivity index (χ4v) is 2.44. The lowest BCUT2D eigenvalue weighted by atomic mass is 9.88. The third-order valence-corrected chi connectivity index (χ3v) is 3.61. The molecule has 3 nitrogen and oxygen atoms in total. The van der Waals surface area contributed by atoms with Gasteiger partial charge in [-0.25, -0.2) is 0 Å². The summed E-state index contributed by atoms with van der Waals surface area (Å²) >= 11 is 0. The Labute approximate surface area is 85.6 Å². The molecule has 0 aromatic carbocycles. The van der Waals surface area contributed by atoms with E-state index in [1.54, 1.807) is 0 Å². The van der Waals surface area contributed by atoms with Gasteiger partial charge in [-0.3, -0.25) is 4.79 Å². The molecule has 0 bridgehead atoms. The van der Waals surface area contributed by atoms with Gasteiger partial charge in [-0.2, -0.15) is 0 Å². The van der Waals surface area contributed by atoms with Crippen LogP contribution >= 0.6 is 0 Å². The van der Waals surface area contributed by atoms with Crippen molar-refractivity contribution in [3.63, 3.8) is 0 Å². The minimum atomic E-state index is -0.150. The molecule has 1 aliphatic carbocycles. The molecule has 3 heteroatoms. The average Bonchev–Trinajstić information content (AvgIpc) is 2.76. The lowest BCUT2D eigenvalue weighted by Gasteiger charge is -2.24. The Morgan fingerprint density at radius 1 is 1.43 bits per heavy atom. The van der Waals surface area contributed by atoms with Crippen molar-refractivity contribution in [2.75, 3.05) is 13.1 Å². The van der Waals surface area contributed by atoms with E-state index < -0.39 is 0 Å². The SMILES string of the molecule is CC1(C(=O)NC2CCCC2)CCNC1. The lowest BCUT2D eigenvalue weighted by Crippen LogP contribution is -2.44. The second-order valence-corrected chi connectivity index (χ2v) is 4.94. The monoisotopic (exact) mass is 196 g/mol. The van der Waals surface area contributed by atoms with E-state index in [1.165, 1.54) is 25.7 Å². The molecule has 2 rings (SSSR count). The molecule has 80 valence electrons. The van der Waals surface area contributed by atoms with Crippen molar-refractivity contribution in [2.45, 2.75) is 45.1 Å². The van der Waals surface area contributed by atoms with Crippen LogP contribution in [0.3, 0.4) is 0 Å². The normalized spacial score (nSPS) is 33.5.